The summed E-state index contributed by atoms with van der Waals surface area (Å²) in [4.78, 5) is 10.5. The molecular weight excluding hydrogens is 240 g/mol. The topological polar surface area (TPSA) is 26.3 Å². The summed E-state index contributed by atoms with van der Waals surface area (Å²) in [6.07, 6.45) is -3.27. The van der Waals surface area contributed by atoms with Crippen molar-refractivity contribution in [3.8, 4) is 5.75 Å². The highest BCUT2D eigenvalue weighted by molar-refractivity contribution is 5.75. The summed E-state index contributed by atoms with van der Waals surface area (Å²) in [6, 6.07) is 4.18. The van der Waals surface area contributed by atoms with E-state index < -0.39 is 19.0 Å². The number of carbonyl (C=O) groups is 1. The van der Waals surface area contributed by atoms with Gasteiger partial charge < -0.3 is 4.74 Å². The lowest BCUT2D eigenvalue weighted by Gasteiger charge is -2.17. The normalized spacial score (nSPS) is 11.6. The second-order valence-corrected chi connectivity index (χ2v) is 3.49. The smallest absolute Gasteiger partial charge is 0.340 e. The van der Waals surface area contributed by atoms with Crippen molar-refractivity contribution < 1.29 is 27.1 Å². The molecule has 0 aliphatic heterocycles. The molecule has 1 aromatic carbocycles. The molecule has 0 heterocycles. The van der Waals surface area contributed by atoms with Crippen molar-refractivity contribution in [2.75, 3.05) is 6.61 Å². The average molecular weight is 250 g/mol. The molecular formula is C11H10F4O2. The highest BCUT2D eigenvalue weighted by atomic mass is 19.3. The minimum atomic E-state index is -4.20. The number of ether oxygens (including phenoxy) is 1. The predicted octanol–water partition coefficient (Wildman–Crippen LogP) is 3.09. The van der Waals surface area contributed by atoms with E-state index in [0.717, 1.165) is 0 Å². The largest absolute Gasteiger partial charge is 0.487 e. The maximum absolute atomic E-state index is 12.6. The van der Waals surface area contributed by atoms with E-state index >= 15 is 0 Å². The van der Waals surface area contributed by atoms with Crippen LogP contribution in [0.15, 0.2) is 18.2 Å². The summed E-state index contributed by atoms with van der Waals surface area (Å²) in [5.74, 6) is -4.21. The van der Waals surface area contributed by atoms with Crippen LogP contribution in [0.5, 0.6) is 5.75 Å². The van der Waals surface area contributed by atoms with E-state index in [2.05, 4.69) is 4.74 Å². The van der Waals surface area contributed by atoms with Gasteiger partial charge in [0.05, 0.1) is 0 Å². The quantitative estimate of drug-likeness (QED) is 0.593. The minimum absolute atomic E-state index is 0.00470. The number of rotatable bonds is 5. The fourth-order valence-electron chi connectivity index (χ4n) is 1.08. The lowest BCUT2D eigenvalue weighted by atomic mass is 10.1. The van der Waals surface area contributed by atoms with E-state index in [1.54, 1.807) is 6.92 Å². The van der Waals surface area contributed by atoms with Crippen LogP contribution < -0.4 is 4.74 Å². The van der Waals surface area contributed by atoms with Gasteiger partial charge in [0, 0.05) is 5.56 Å². The third-order valence-corrected chi connectivity index (χ3v) is 2.09. The van der Waals surface area contributed by atoms with Crippen LogP contribution in [0.4, 0.5) is 17.6 Å². The number of carbonyl (C=O) groups excluding carboxylic acids is 1. The molecule has 0 atom stereocenters. The molecule has 0 amide bonds. The number of halogens is 4. The molecule has 0 aliphatic rings. The van der Waals surface area contributed by atoms with E-state index in [-0.39, 0.29) is 11.3 Å². The van der Waals surface area contributed by atoms with Crippen LogP contribution in [-0.4, -0.2) is 25.2 Å². The van der Waals surface area contributed by atoms with Crippen LogP contribution in [-0.2, 0) is 0 Å². The molecule has 0 radical (unpaired) electrons. The van der Waals surface area contributed by atoms with Crippen LogP contribution in [0.2, 0.25) is 0 Å². The summed E-state index contributed by atoms with van der Waals surface area (Å²) < 4.78 is 53.6. The minimum Gasteiger partial charge on any atom is -0.487 e. The van der Waals surface area contributed by atoms with E-state index in [4.69, 9.17) is 0 Å². The van der Waals surface area contributed by atoms with E-state index in [1.165, 1.54) is 18.2 Å². The summed E-state index contributed by atoms with van der Waals surface area (Å²) in [7, 11) is 0. The Balaban J connectivity index is 2.78. The molecule has 94 valence electrons. The Kier molecular flexibility index (Phi) is 4.09. The number of aryl methyl sites for hydroxylation is 1. The number of aldehydes is 1. The van der Waals surface area contributed by atoms with E-state index in [9.17, 15) is 22.4 Å². The number of hydrogen-bond donors (Lipinski definition) is 0. The molecule has 1 aromatic rings. The first-order chi connectivity index (χ1) is 7.86. The lowest BCUT2D eigenvalue weighted by Crippen LogP contribution is -2.33. The summed E-state index contributed by atoms with van der Waals surface area (Å²) in [6.45, 7) is 0.137. The van der Waals surface area contributed by atoms with Crippen molar-refractivity contribution in [3.63, 3.8) is 0 Å². The van der Waals surface area contributed by atoms with Crippen LogP contribution >= 0.6 is 0 Å². The number of alkyl halides is 4. The predicted molar refractivity (Wildman–Crippen MR) is 53.0 cm³/mol. The molecule has 0 saturated carbocycles. The highest BCUT2D eigenvalue weighted by Gasteiger charge is 2.41. The Morgan fingerprint density at radius 1 is 1.41 bits per heavy atom. The number of hydrogen-bond acceptors (Lipinski definition) is 2. The Hall–Kier alpha value is -1.59. The molecule has 6 heteroatoms. The second-order valence-electron chi connectivity index (χ2n) is 3.49. The Morgan fingerprint density at radius 2 is 2.06 bits per heavy atom. The molecule has 0 fully saturated rings. The van der Waals surface area contributed by atoms with E-state index in [1.807, 2.05) is 0 Å². The summed E-state index contributed by atoms with van der Waals surface area (Å²) in [5, 5.41) is 0. The average Bonchev–Trinajstić information content (AvgIpc) is 2.28. The van der Waals surface area contributed by atoms with E-state index in [0.29, 0.717) is 11.8 Å². The van der Waals surface area contributed by atoms with Gasteiger partial charge in [0.15, 0.2) is 6.61 Å². The van der Waals surface area contributed by atoms with Crippen molar-refractivity contribution in [2.45, 2.75) is 19.3 Å². The molecule has 0 bridgehead atoms. The molecule has 2 nitrogen and oxygen atoms in total. The Morgan fingerprint density at radius 3 is 2.59 bits per heavy atom. The zero-order valence-electron chi connectivity index (χ0n) is 8.92. The van der Waals surface area contributed by atoms with Crippen molar-refractivity contribution >= 4 is 6.29 Å². The molecule has 0 unspecified atom stereocenters. The van der Waals surface area contributed by atoms with Gasteiger partial charge in [-0.2, -0.15) is 8.78 Å². The van der Waals surface area contributed by atoms with Crippen molar-refractivity contribution in [1.29, 1.82) is 0 Å². The van der Waals surface area contributed by atoms with Gasteiger partial charge in [-0.15, -0.1) is 0 Å². The first kappa shape index (κ1) is 13.5. The number of benzene rings is 1. The van der Waals surface area contributed by atoms with Gasteiger partial charge in [-0.3, -0.25) is 4.79 Å². The SMILES string of the molecule is Cc1ccc(C=O)cc1OCC(F)(F)C(F)F. The van der Waals surface area contributed by atoms with Gasteiger partial charge in [-0.1, -0.05) is 12.1 Å². The molecule has 0 aliphatic carbocycles. The van der Waals surface area contributed by atoms with Gasteiger partial charge in [0.1, 0.15) is 12.0 Å². The maximum Gasteiger partial charge on any atom is 0.340 e. The van der Waals surface area contributed by atoms with Gasteiger partial charge in [-0.05, 0) is 18.6 Å². The van der Waals surface area contributed by atoms with Gasteiger partial charge in [0.2, 0.25) is 0 Å². The van der Waals surface area contributed by atoms with Gasteiger partial charge >= 0.3 is 12.3 Å². The first-order valence-corrected chi connectivity index (χ1v) is 4.71. The zero-order valence-corrected chi connectivity index (χ0v) is 8.92. The standard InChI is InChI=1S/C11H10F4O2/c1-7-2-3-8(5-16)4-9(7)17-6-11(14,15)10(12)13/h2-5,10H,6H2,1H3. The molecule has 17 heavy (non-hydrogen) atoms. The van der Waals surface area contributed by atoms with Crippen molar-refractivity contribution in [1.82, 2.24) is 0 Å². The van der Waals surface area contributed by atoms with Crippen molar-refractivity contribution in [3.05, 3.63) is 29.3 Å². The highest BCUT2D eigenvalue weighted by Crippen LogP contribution is 2.26. The zero-order chi connectivity index (χ0) is 13.1. The third-order valence-electron chi connectivity index (χ3n) is 2.09. The van der Waals surface area contributed by atoms with Crippen LogP contribution in [0.3, 0.4) is 0 Å². The van der Waals surface area contributed by atoms with Crippen LogP contribution in [0.25, 0.3) is 0 Å². The third kappa shape index (κ3) is 3.44. The Bertz CT molecular complexity index is 404. The molecule has 1 rings (SSSR count). The lowest BCUT2D eigenvalue weighted by molar-refractivity contribution is -0.148. The van der Waals surface area contributed by atoms with Crippen LogP contribution in [0.1, 0.15) is 15.9 Å². The van der Waals surface area contributed by atoms with Gasteiger partial charge in [0.25, 0.3) is 0 Å². The fourth-order valence-corrected chi connectivity index (χ4v) is 1.08. The molecule has 0 aromatic heterocycles. The molecule has 0 saturated heterocycles. The van der Waals surface area contributed by atoms with Crippen molar-refractivity contribution in [2.24, 2.45) is 0 Å². The van der Waals surface area contributed by atoms with Gasteiger partial charge in [-0.25, -0.2) is 8.78 Å². The molecule has 0 spiro atoms. The monoisotopic (exact) mass is 250 g/mol. The van der Waals surface area contributed by atoms with Crippen LogP contribution in [0, 0.1) is 6.92 Å². The fraction of sp³-hybridized carbons (Fsp3) is 0.364. The first-order valence-electron chi connectivity index (χ1n) is 4.71. The summed E-state index contributed by atoms with van der Waals surface area (Å²) >= 11 is 0. The summed E-state index contributed by atoms with van der Waals surface area (Å²) in [5.41, 5.74) is 0.714. The molecule has 0 N–H and O–H groups in total. The maximum atomic E-state index is 12.6. The second kappa shape index (κ2) is 5.16. The Labute approximate surface area is 95.2 Å².